The number of anilines is 1. The molecule has 30 heavy (non-hydrogen) atoms. The molecule has 8 heteroatoms. The first kappa shape index (κ1) is 21.8. The van der Waals surface area contributed by atoms with Crippen LogP contribution < -0.4 is 19.7 Å². The number of amides is 2. The van der Waals surface area contributed by atoms with Gasteiger partial charge in [0.05, 0.1) is 18.9 Å². The third-order valence-electron chi connectivity index (χ3n) is 4.41. The van der Waals surface area contributed by atoms with Crippen LogP contribution in [-0.4, -0.2) is 30.1 Å². The minimum Gasteiger partial charge on any atom is -0.494 e. The predicted octanol–water partition coefficient (Wildman–Crippen LogP) is 4.28. The van der Waals surface area contributed by atoms with Crippen LogP contribution in [0.5, 0.6) is 11.5 Å². The number of nitrogens with one attached hydrogen (secondary N) is 1. The summed E-state index contributed by atoms with van der Waals surface area (Å²) in [6.07, 6.45) is 1.49. The van der Waals surface area contributed by atoms with Crippen molar-refractivity contribution in [2.75, 3.05) is 18.1 Å². The van der Waals surface area contributed by atoms with Crippen LogP contribution in [0.15, 0.2) is 42.0 Å². The molecule has 6 nitrogen and oxygen atoms in total. The van der Waals surface area contributed by atoms with Crippen molar-refractivity contribution in [2.24, 2.45) is 0 Å². The molecular weight excluding hydrogens is 424 g/mol. The summed E-state index contributed by atoms with van der Waals surface area (Å²) >= 11 is 11.4. The highest BCUT2D eigenvalue weighted by molar-refractivity contribution is 7.80. The van der Waals surface area contributed by atoms with Crippen molar-refractivity contribution in [3.05, 3.63) is 58.1 Å². The highest BCUT2D eigenvalue weighted by Gasteiger charge is 2.34. The van der Waals surface area contributed by atoms with Crippen molar-refractivity contribution >= 4 is 52.5 Å². The largest absolute Gasteiger partial charge is 0.494 e. The third-order valence-corrected chi connectivity index (χ3v) is 5.10. The minimum atomic E-state index is -0.573. The summed E-state index contributed by atoms with van der Waals surface area (Å²) in [5.74, 6) is 0.0325. The van der Waals surface area contributed by atoms with Crippen LogP contribution in [0.2, 0.25) is 5.02 Å². The maximum Gasteiger partial charge on any atom is 0.270 e. The Labute approximate surface area is 185 Å². The van der Waals surface area contributed by atoms with E-state index in [1.807, 2.05) is 20.8 Å². The van der Waals surface area contributed by atoms with E-state index in [0.717, 1.165) is 5.56 Å². The maximum absolute atomic E-state index is 13.2. The van der Waals surface area contributed by atoms with Crippen LogP contribution in [0.1, 0.15) is 25.0 Å². The lowest BCUT2D eigenvalue weighted by Gasteiger charge is -2.29. The highest BCUT2D eigenvalue weighted by Crippen LogP contribution is 2.30. The molecule has 1 heterocycles. The Morgan fingerprint density at radius 2 is 1.83 bits per heavy atom. The van der Waals surface area contributed by atoms with Crippen LogP contribution in [-0.2, 0) is 9.59 Å². The van der Waals surface area contributed by atoms with Gasteiger partial charge in [0.2, 0.25) is 0 Å². The van der Waals surface area contributed by atoms with Gasteiger partial charge in [0.15, 0.2) is 5.11 Å². The molecule has 0 radical (unpaired) electrons. The standard InChI is InChI=1S/C22H21ClN2O4S/c1-4-28-16-9-7-14(19(12-16)29-5-2)10-17-20(26)24-22(30)25(21(17)27)15-8-6-13(3)18(23)11-15/h6-12H,4-5H2,1-3H3,(H,24,26,30)/b17-10+. The minimum absolute atomic E-state index is 0.00112. The zero-order chi connectivity index (χ0) is 21.8. The Morgan fingerprint density at radius 1 is 1.10 bits per heavy atom. The summed E-state index contributed by atoms with van der Waals surface area (Å²) in [5.41, 5.74) is 1.86. The lowest BCUT2D eigenvalue weighted by atomic mass is 10.1. The molecule has 0 saturated carbocycles. The number of carbonyl (C=O) groups is 2. The molecule has 2 aromatic carbocycles. The summed E-state index contributed by atoms with van der Waals surface area (Å²) in [7, 11) is 0. The molecule has 0 bridgehead atoms. The molecular formula is C22H21ClN2O4S. The molecule has 1 saturated heterocycles. The zero-order valence-corrected chi connectivity index (χ0v) is 18.4. The molecule has 2 amide bonds. The van der Waals surface area contributed by atoms with Gasteiger partial charge in [-0.15, -0.1) is 0 Å². The topological polar surface area (TPSA) is 67.9 Å². The van der Waals surface area contributed by atoms with Crippen LogP contribution in [0.4, 0.5) is 5.69 Å². The van der Waals surface area contributed by atoms with Crippen molar-refractivity contribution in [2.45, 2.75) is 20.8 Å². The van der Waals surface area contributed by atoms with Gasteiger partial charge < -0.3 is 9.47 Å². The summed E-state index contributed by atoms with van der Waals surface area (Å²) in [6.45, 7) is 6.53. The maximum atomic E-state index is 13.2. The van der Waals surface area contributed by atoms with E-state index < -0.39 is 11.8 Å². The zero-order valence-electron chi connectivity index (χ0n) is 16.8. The van der Waals surface area contributed by atoms with Crippen molar-refractivity contribution in [3.8, 4) is 11.5 Å². The molecule has 1 N–H and O–H groups in total. The first-order chi connectivity index (χ1) is 14.3. The van der Waals surface area contributed by atoms with E-state index in [9.17, 15) is 9.59 Å². The Bertz CT molecular complexity index is 1050. The average molecular weight is 445 g/mol. The molecule has 2 aromatic rings. The van der Waals surface area contributed by atoms with Gasteiger partial charge in [0, 0.05) is 16.7 Å². The number of nitrogens with zero attached hydrogens (tertiary/aromatic N) is 1. The predicted molar refractivity (Wildman–Crippen MR) is 121 cm³/mol. The van der Waals surface area contributed by atoms with Gasteiger partial charge in [-0.1, -0.05) is 17.7 Å². The van der Waals surface area contributed by atoms with Gasteiger partial charge in [0.25, 0.3) is 11.8 Å². The smallest absolute Gasteiger partial charge is 0.270 e. The van der Waals surface area contributed by atoms with Crippen LogP contribution in [0.25, 0.3) is 6.08 Å². The van der Waals surface area contributed by atoms with Gasteiger partial charge in [0.1, 0.15) is 17.1 Å². The van der Waals surface area contributed by atoms with Gasteiger partial charge in [-0.2, -0.15) is 0 Å². The Morgan fingerprint density at radius 3 is 2.50 bits per heavy atom. The SMILES string of the molecule is CCOc1ccc(/C=C2\C(=O)NC(=S)N(c3ccc(C)c(Cl)c3)C2=O)c(OCC)c1. The number of carbonyl (C=O) groups excluding carboxylic acids is 2. The van der Waals surface area contributed by atoms with E-state index in [1.165, 1.54) is 11.0 Å². The number of aryl methyl sites for hydroxylation is 1. The Hall–Kier alpha value is -2.90. The van der Waals surface area contributed by atoms with E-state index in [2.05, 4.69) is 5.32 Å². The first-order valence-corrected chi connectivity index (χ1v) is 10.2. The summed E-state index contributed by atoms with van der Waals surface area (Å²) in [4.78, 5) is 27.0. The molecule has 1 fully saturated rings. The van der Waals surface area contributed by atoms with E-state index in [1.54, 1.807) is 36.4 Å². The van der Waals surface area contributed by atoms with Crippen molar-refractivity contribution in [1.29, 1.82) is 0 Å². The number of benzene rings is 2. The number of rotatable bonds is 6. The lowest BCUT2D eigenvalue weighted by molar-refractivity contribution is -0.122. The van der Waals surface area contributed by atoms with Gasteiger partial charge >= 0.3 is 0 Å². The van der Waals surface area contributed by atoms with Gasteiger partial charge in [-0.3, -0.25) is 19.8 Å². The monoisotopic (exact) mass is 444 g/mol. The molecule has 0 spiro atoms. The second kappa shape index (κ2) is 9.28. The van der Waals surface area contributed by atoms with Gasteiger partial charge in [-0.05, 0) is 68.9 Å². The molecule has 0 aliphatic carbocycles. The molecule has 1 aliphatic rings. The second-order valence-electron chi connectivity index (χ2n) is 6.46. The van der Waals surface area contributed by atoms with Crippen LogP contribution >= 0.6 is 23.8 Å². The van der Waals surface area contributed by atoms with E-state index in [-0.39, 0.29) is 10.7 Å². The summed E-state index contributed by atoms with van der Waals surface area (Å²) in [5, 5.41) is 3.06. The Kier molecular flexibility index (Phi) is 6.74. The van der Waals surface area contributed by atoms with Crippen molar-refractivity contribution in [1.82, 2.24) is 5.32 Å². The van der Waals surface area contributed by atoms with E-state index in [4.69, 9.17) is 33.3 Å². The van der Waals surface area contributed by atoms with Crippen molar-refractivity contribution in [3.63, 3.8) is 0 Å². The molecule has 156 valence electrons. The molecule has 0 atom stereocenters. The van der Waals surface area contributed by atoms with E-state index >= 15 is 0 Å². The molecule has 0 unspecified atom stereocenters. The Balaban J connectivity index is 2.03. The number of halogens is 1. The molecule has 1 aliphatic heterocycles. The fourth-order valence-electron chi connectivity index (χ4n) is 2.94. The highest BCUT2D eigenvalue weighted by atomic mass is 35.5. The number of ether oxygens (including phenoxy) is 2. The van der Waals surface area contributed by atoms with E-state index in [0.29, 0.717) is 41.0 Å². The molecule has 3 rings (SSSR count). The normalized spacial score (nSPS) is 15.4. The molecule has 0 aromatic heterocycles. The van der Waals surface area contributed by atoms with Gasteiger partial charge in [-0.25, -0.2) is 0 Å². The third kappa shape index (κ3) is 4.47. The second-order valence-corrected chi connectivity index (χ2v) is 7.25. The fraction of sp³-hybridized carbons (Fsp3) is 0.227. The number of thiocarbonyl (C=S) groups is 1. The van der Waals surface area contributed by atoms with Crippen LogP contribution in [0.3, 0.4) is 0 Å². The fourth-order valence-corrected chi connectivity index (χ4v) is 3.40. The summed E-state index contributed by atoms with van der Waals surface area (Å²) < 4.78 is 11.2. The van der Waals surface area contributed by atoms with Crippen molar-refractivity contribution < 1.29 is 19.1 Å². The number of hydrogen-bond acceptors (Lipinski definition) is 5. The lowest BCUT2D eigenvalue weighted by Crippen LogP contribution is -2.54. The summed E-state index contributed by atoms with van der Waals surface area (Å²) in [6, 6.07) is 10.4. The number of hydrogen-bond donors (Lipinski definition) is 1. The quantitative estimate of drug-likeness (QED) is 0.409. The first-order valence-electron chi connectivity index (χ1n) is 9.43. The average Bonchev–Trinajstić information content (AvgIpc) is 2.69. The van der Waals surface area contributed by atoms with Crippen LogP contribution in [0, 0.1) is 6.92 Å².